The summed E-state index contributed by atoms with van der Waals surface area (Å²) in [6.45, 7) is 5.68. The number of hydrogen-bond donors (Lipinski definition) is 2. The van der Waals surface area contributed by atoms with Gasteiger partial charge in [0.25, 0.3) is 5.91 Å². The molecule has 1 aliphatic rings. The van der Waals surface area contributed by atoms with Crippen molar-refractivity contribution in [2.24, 2.45) is 5.92 Å². The van der Waals surface area contributed by atoms with Crippen molar-refractivity contribution in [1.82, 2.24) is 19.8 Å². The summed E-state index contributed by atoms with van der Waals surface area (Å²) in [4.78, 5) is 38.0. The molecule has 186 valence electrons. The molecule has 2 aromatic heterocycles. The quantitative estimate of drug-likeness (QED) is 0.596. The Labute approximate surface area is 205 Å². The van der Waals surface area contributed by atoms with E-state index in [2.05, 4.69) is 21.8 Å². The van der Waals surface area contributed by atoms with Gasteiger partial charge in [0, 0.05) is 43.2 Å². The van der Waals surface area contributed by atoms with Crippen LogP contribution in [0.15, 0.2) is 36.7 Å². The molecule has 0 bridgehead atoms. The lowest BCUT2D eigenvalue weighted by Crippen LogP contribution is -2.50. The maximum Gasteiger partial charge on any atom is 0.259 e. The van der Waals surface area contributed by atoms with Crippen molar-refractivity contribution >= 4 is 11.8 Å². The van der Waals surface area contributed by atoms with Crippen LogP contribution in [0.3, 0.4) is 0 Å². The van der Waals surface area contributed by atoms with E-state index in [1.54, 1.807) is 55.1 Å². The molecule has 4 atom stereocenters. The number of pyridine rings is 2. The van der Waals surface area contributed by atoms with Gasteiger partial charge in [-0.1, -0.05) is 24.8 Å². The van der Waals surface area contributed by atoms with E-state index in [-0.39, 0.29) is 48.7 Å². The molecule has 9 nitrogen and oxygen atoms in total. The van der Waals surface area contributed by atoms with Gasteiger partial charge in [-0.15, -0.1) is 0 Å². The number of fused-ring (bicyclic) bond motifs is 1. The van der Waals surface area contributed by atoms with Gasteiger partial charge in [-0.3, -0.25) is 14.6 Å². The predicted octanol–water partition coefficient (Wildman–Crippen LogP) is 1.13. The van der Waals surface area contributed by atoms with E-state index < -0.39 is 18.2 Å². The Balaban J connectivity index is 1.89. The van der Waals surface area contributed by atoms with Crippen LogP contribution < -0.4 is 4.74 Å². The monoisotopic (exact) mass is 480 g/mol. The molecule has 3 heterocycles. The van der Waals surface area contributed by atoms with Gasteiger partial charge in [0.05, 0.1) is 25.6 Å². The molecule has 9 heteroatoms. The molecule has 35 heavy (non-hydrogen) atoms. The first-order valence-corrected chi connectivity index (χ1v) is 11.6. The molecule has 0 spiro atoms. The van der Waals surface area contributed by atoms with E-state index in [0.717, 1.165) is 0 Å². The highest BCUT2D eigenvalue weighted by Gasteiger charge is 2.34. The Kier molecular flexibility index (Phi) is 8.79. The van der Waals surface area contributed by atoms with Crippen LogP contribution in [0.25, 0.3) is 0 Å². The summed E-state index contributed by atoms with van der Waals surface area (Å²) in [6.07, 6.45) is 2.04. The number of carbonyl (C=O) groups excluding carboxylic acids is 2. The molecule has 2 N–H and O–H groups in total. The number of hydrogen-bond acceptors (Lipinski definition) is 7. The fraction of sp³-hybridized carbons (Fsp3) is 0.462. The van der Waals surface area contributed by atoms with Crippen LogP contribution in [0.5, 0.6) is 5.88 Å². The number of aliphatic hydroxyl groups is 2. The van der Waals surface area contributed by atoms with E-state index in [1.165, 1.54) is 6.20 Å². The summed E-state index contributed by atoms with van der Waals surface area (Å²) in [5.41, 5.74) is 1.37. The Morgan fingerprint density at radius 1 is 1.34 bits per heavy atom. The highest BCUT2D eigenvalue weighted by molar-refractivity contribution is 5.97. The van der Waals surface area contributed by atoms with Crippen LogP contribution in [0, 0.1) is 17.8 Å². The molecule has 2 amide bonds. The molecule has 0 unspecified atom stereocenters. The molecule has 0 saturated carbocycles. The second kappa shape index (κ2) is 11.8. The van der Waals surface area contributed by atoms with E-state index in [1.807, 2.05) is 13.0 Å². The van der Waals surface area contributed by atoms with Gasteiger partial charge in [0.15, 0.2) is 0 Å². The summed E-state index contributed by atoms with van der Waals surface area (Å²) >= 11 is 0. The number of likely N-dealkylation sites (N-methyl/N-ethyl adjacent to an activating group) is 1. The zero-order valence-electron chi connectivity index (χ0n) is 20.5. The Morgan fingerprint density at radius 3 is 2.77 bits per heavy atom. The topological polar surface area (TPSA) is 116 Å². The van der Waals surface area contributed by atoms with Gasteiger partial charge < -0.3 is 24.7 Å². The first-order chi connectivity index (χ1) is 16.7. The van der Waals surface area contributed by atoms with Gasteiger partial charge in [-0.05, 0) is 32.0 Å². The molecule has 1 aliphatic heterocycles. The van der Waals surface area contributed by atoms with Gasteiger partial charge in [-0.2, -0.15) is 0 Å². The maximum atomic E-state index is 13.4. The second-order valence-electron chi connectivity index (χ2n) is 8.92. The maximum absolute atomic E-state index is 13.4. The van der Waals surface area contributed by atoms with Crippen molar-refractivity contribution in [1.29, 1.82) is 0 Å². The summed E-state index contributed by atoms with van der Waals surface area (Å²) in [5, 5.41) is 19.2. The highest BCUT2D eigenvalue weighted by Crippen LogP contribution is 2.27. The molecule has 0 saturated heterocycles. The van der Waals surface area contributed by atoms with E-state index >= 15 is 0 Å². The number of carbonyl (C=O) groups is 2. The number of aliphatic hydroxyl groups excluding tert-OH is 2. The summed E-state index contributed by atoms with van der Waals surface area (Å²) in [5.74, 6) is 5.02. The van der Waals surface area contributed by atoms with Crippen LogP contribution in [0.2, 0.25) is 0 Å². The third-order valence-electron chi connectivity index (χ3n) is 5.88. The number of ether oxygens (including phenoxy) is 1. The van der Waals surface area contributed by atoms with Crippen molar-refractivity contribution < 1.29 is 24.5 Å². The van der Waals surface area contributed by atoms with Gasteiger partial charge >= 0.3 is 0 Å². The molecule has 0 radical (unpaired) electrons. The zero-order chi connectivity index (χ0) is 25.5. The summed E-state index contributed by atoms with van der Waals surface area (Å²) in [6, 6.07) is 6.60. The predicted molar refractivity (Wildman–Crippen MR) is 130 cm³/mol. The third kappa shape index (κ3) is 6.78. The largest absolute Gasteiger partial charge is 0.472 e. The first-order valence-electron chi connectivity index (χ1n) is 11.6. The molecule has 0 aliphatic carbocycles. The Morgan fingerprint density at radius 2 is 2.11 bits per heavy atom. The van der Waals surface area contributed by atoms with E-state index in [4.69, 9.17) is 4.74 Å². The van der Waals surface area contributed by atoms with E-state index in [9.17, 15) is 19.8 Å². The SMILES string of the molecule is C[C@H](CO)N1C[C@H](C)[C@@H](CN(C)C(=O)Cc2ccccn2)Oc2ncc(C#C[C@@H](C)O)cc2C1=O. The molecule has 0 aromatic carbocycles. The molecule has 0 fully saturated rings. The lowest BCUT2D eigenvalue weighted by Gasteiger charge is -2.37. The van der Waals surface area contributed by atoms with Crippen LogP contribution in [-0.4, -0.2) is 86.8 Å². The lowest BCUT2D eigenvalue weighted by molar-refractivity contribution is -0.130. The van der Waals surface area contributed by atoms with Crippen LogP contribution in [0.4, 0.5) is 0 Å². The van der Waals surface area contributed by atoms with E-state index in [0.29, 0.717) is 17.8 Å². The molecule has 3 rings (SSSR count). The highest BCUT2D eigenvalue weighted by atomic mass is 16.5. The van der Waals surface area contributed by atoms with Crippen molar-refractivity contribution in [3.63, 3.8) is 0 Å². The minimum atomic E-state index is -0.820. The molecule has 2 aromatic rings. The van der Waals surface area contributed by atoms with Gasteiger partial charge in [0.1, 0.15) is 17.8 Å². The normalized spacial score (nSPS) is 19.3. The van der Waals surface area contributed by atoms with Crippen molar-refractivity contribution in [3.05, 3.63) is 53.5 Å². The summed E-state index contributed by atoms with van der Waals surface area (Å²) < 4.78 is 6.20. The minimum absolute atomic E-state index is 0.102. The third-order valence-corrected chi connectivity index (χ3v) is 5.88. The Hall–Kier alpha value is -3.48. The zero-order valence-corrected chi connectivity index (χ0v) is 20.5. The average molecular weight is 481 g/mol. The fourth-order valence-corrected chi connectivity index (χ4v) is 3.74. The molecular formula is C26H32N4O5. The van der Waals surface area contributed by atoms with Crippen molar-refractivity contribution in [3.8, 4) is 17.7 Å². The van der Waals surface area contributed by atoms with Crippen molar-refractivity contribution in [2.45, 2.75) is 45.4 Å². The van der Waals surface area contributed by atoms with Crippen molar-refractivity contribution in [2.75, 3.05) is 26.7 Å². The summed E-state index contributed by atoms with van der Waals surface area (Å²) in [7, 11) is 1.71. The van der Waals surface area contributed by atoms with Crippen LogP contribution in [-0.2, 0) is 11.2 Å². The Bertz CT molecular complexity index is 1100. The lowest BCUT2D eigenvalue weighted by atomic mass is 9.99. The number of amides is 2. The average Bonchev–Trinajstić information content (AvgIpc) is 2.84. The molecular weight excluding hydrogens is 448 g/mol. The van der Waals surface area contributed by atoms with Gasteiger partial charge in [-0.25, -0.2) is 4.98 Å². The fourth-order valence-electron chi connectivity index (χ4n) is 3.74. The number of nitrogens with zero attached hydrogens (tertiary/aromatic N) is 4. The van der Waals surface area contributed by atoms with Crippen LogP contribution >= 0.6 is 0 Å². The second-order valence-corrected chi connectivity index (χ2v) is 8.92. The van der Waals surface area contributed by atoms with Crippen LogP contribution in [0.1, 0.15) is 42.4 Å². The minimum Gasteiger partial charge on any atom is -0.472 e. The number of rotatable bonds is 6. The standard InChI is InChI=1S/C26H32N4O5/c1-17-14-30(18(2)16-31)26(34)22-11-20(9-8-19(3)32)13-28-25(22)35-23(17)15-29(4)24(33)12-21-7-5-6-10-27-21/h5-7,10-11,13,17-19,23,31-32H,12,14-16H2,1-4H3/t17-,18+,19+,23+/m0/s1. The van der Waals surface area contributed by atoms with Gasteiger partial charge in [0.2, 0.25) is 11.8 Å². The first kappa shape index (κ1) is 26.1. The smallest absolute Gasteiger partial charge is 0.259 e. The number of aromatic nitrogens is 2.